The molecule has 1 aromatic carbocycles. The van der Waals surface area contributed by atoms with Crippen molar-refractivity contribution in [1.29, 1.82) is 0 Å². The lowest BCUT2D eigenvalue weighted by Crippen LogP contribution is -2.44. The zero-order valence-electron chi connectivity index (χ0n) is 16.4. The van der Waals surface area contributed by atoms with E-state index in [1.54, 1.807) is 0 Å². The molecule has 0 aliphatic carbocycles. The summed E-state index contributed by atoms with van der Waals surface area (Å²) in [7, 11) is 1.81. The van der Waals surface area contributed by atoms with Crippen molar-refractivity contribution in [3.05, 3.63) is 30.3 Å². The molecule has 5 nitrogen and oxygen atoms in total. The first-order valence-corrected chi connectivity index (χ1v) is 8.96. The molecule has 144 valence electrons. The maximum atomic E-state index is 4.27. The van der Waals surface area contributed by atoms with Crippen molar-refractivity contribution >= 4 is 35.6 Å². The number of benzene rings is 1. The number of para-hydroxylation sites is 1. The topological polar surface area (TPSA) is 51.7 Å². The van der Waals surface area contributed by atoms with Gasteiger partial charge in [-0.3, -0.25) is 4.99 Å². The Balaban J connectivity index is 0.00000576. The Morgan fingerprint density at radius 2 is 1.68 bits per heavy atom. The third-order valence-electron chi connectivity index (χ3n) is 3.70. The molecule has 1 aromatic rings. The van der Waals surface area contributed by atoms with Gasteiger partial charge in [0.2, 0.25) is 0 Å². The second-order valence-electron chi connectivity index (χ2n) is 6.87. The van der Waals surface area contributed by atoms with Crippen LogP contribution in [0.2, 0.25) is 0 Å². The van der Waals surface area contributed by atoms with Crippen LogP contribution in [0.3, 0.4) is 0 Å². The van der Waals surface area contributed by atoms with Gasteiger partial charge in [0.15, 0.2) is 5.96 Å². The fourth-order valence-corrected chi connectivity index (χ4v) is 2.42. The van der Waals surface area contributed by atoms with Crippen molar-refractivity contribution in [2.24, 2.45) is 4.99 Å². The number of anilines is 1. The fraction of sp³-hybridized carbons (Fsp3) is 0.632. The molecule has 0 unspecified atom stereocenters. The van der Waals surface area contributed by atoms with Gasteiger partial charge in [0.25, 0.3) is 0 Å². The molecular formula is C19H36IN5. The molecule has 6 heteroatoms. The molecule has 0 radical (unpaired) electrons. The van der Waals surface area contributed by atoms with Crippen LogP contribution in [0.5, 0.6) is 0 Å². The summed E-state index contributed by atoms with van der Waals surface area (Å²) in [6.07, 6.45) is 1.07. The van der Waals surface area contributed by atoms with E-state index in [0.29, 0.717) is 0 Å². The number of hydrogen-bond acceptors (Lipinski definition) is 3. The van der Waals surface area contributed by atoms with Crippen molar-refractivity contribution in [2.75, 3.05) is 44.7 Å². The van der Waals surface area contributed by atoms with Crippen LogP contribution < -0.4 is 20.9 Å². The largest absolute Gasteiger partial charge is 0.372 e. The zero-order valence-corrected chi connectivity index (χ0v) is 18.8. The van der Waals surface area contributed by atoms with Crippen molar-refractivity contribution in [3.63, 3.8) is 0 Å². The van der Waals surface area contributed by atoms with Crippen LogP contribution in [0.1, 0.15) is 34.1 Å². The standard InChI is InChI=1S/C19H35N5.HI/c1-6-24(17-11-8-7-9-12-17)16-10-13-21-18(20-5)22-14-15-23-19(2,3)4;/h7-9,11-12,23H,6,10,13-16H2,1-5H3,(H2,20,21,22);1H. The first-order chi connectivity index (χ1) is 11.5. The minimum Gasteiger partial charge on any atom is -0.372 e. The van der Waals surface area contributed by atoms with Gasteiger partial charge in [-0.2, -0.15) is 0 Å². The third kappa shape index (κ3) is 11.3. The Morgan fingerprint density at radius 3 is 2.24 bits per heavy atom. The van der Waals surface area contributed by atoms with Crippen LogP contribution in [0, 0.1) is 0 Å². The summed E-state index contributed by atoms with van der Waals surface area (Å²) >= 11 is 0. The summed E-state index contributed by atoms with van der Waals surface area (Å²) < 4.78 is 0. The van der Waals surface area contributed by atoms with E-state index >= 15 is 0 Å². The summed E-state index contributed by atoms with van der Waals surface area (Å²) in [6.45, 7) is 13.5. The van der Waals surface area contributed by atoms with Gasteiger partial charge in [-0.05, 0) is 46.2 Å². The number of nitrogens with zero attached hydrogens (tertiary/aromatic N) is 2. The van der Waals surface area contributed by atoms with Crippen LogP contribution in [0.15, 0.2) is 35.3 Å². The Kier molecular flexibility index (Phi) is 12.7. The van der Waals surface area contributed by atoms with Gasteiger partial charge in [0.05, 0.1) is 0 Å². The second kappa shape index (κ2) is 13.2. The molecule has 0 atom stereocenters. The summed E-state index contributed by atoms with van der Waals surface area (Å²) in [6, 6.07) is 10.6. The third-order valence-corrected chi connectivity index (χ3v) is 3.70. The van der Waals surface area contributed by atoms with E-state index in [0.717, 1.165) is 45.1 Å². The molecule has 1 rings (SSSR count). The maximum absolute atomic E-state index is 4.27. The number of guanidine groups is 1. The highest BCUT2D eigenvalue weighted by molar-refractivity contribution is 14.0. The van der Waals surface area contributed by atoms with E-state index in [1.165, 1.54) is 5.69 Å². The molecule has 25 heavy (non-hydrogen) atoms. The molecule has 0 fully saturated rings. The predicted octanol–water partition coefficient (Wildman–Crippen LogP) is 3.07. The van der Waals surface area contributed by atoms with E-state index in [1.807, 2.05) is 7.05 Å². The highest BCUT2D eigenvalue weighted by Gasteiger charge is 2.07. The van der Waals surface area contributed by atoms with Gasteiger partial charge < -0.3 is 20.9 Å². The smallest absolute Gasteiger partial charge is 0.191 e. The second-order valence-corrected chi connectivity index (χ2v) is 6.87. The summed E-state index contributed by atoms with van der Waals surface area (Å²) in [5.74, 6) is 0.869. The molecule has 3 N–H and O–H groups in total. The lowest BCUT2D eigenvalue weighted by Gasteiger charge is -2.23. The predicted molar refractivity (Wildman–Crippen MR) is 121 cm³/mol. The molecule has 0 aliphatic heterocycles. The van der Waals surface area contributed by atoms with Gasteiger partial charge in [-0.1, -0.05) is 18.2 Å². The average molecular weight is 461 g/mol. The molecule has 0 amide bonds. The first kappa shape index (κ1) is 24.0. The summed E-state index contributed by atoms with van der Waals surface area (Å²) in [4.78, 5) is 6.66. The highest BCUT2D eigenvalue weighted by atomic mass is 127. The van der Waals surface area contributed by atoms with Crippen molar-refractivity contribution in [1.82, 2.24) is 16.0 Å². The van der Waals surface area contributed by atoms with E-state index in [4.69, 9.17) is 0 Å². The van der Waals surface area contributed by atoms with Gasteiger partial charge in [-0.25, -0.2) is 0 Å². The molecule has 0 bridgehead atoms. The van der Waals surface area contributed by atoms with Crippen molar-refractivity contribution in [3.8, 4) is 0 Å². The summed E-state index contributed by atoms with van der Waals surface area (Å²) in [5, 5.41) is 10.2. The van der Waals surface area contributed by atoms with Gasteiger partial charge in [-0.15, -0.1) is 24.0 Å². The van der Waals surface area contributed by atoms with Gasteiger partial charge >= 0.3 is 0 Å². The normalized spacial score (nSPS) is 11.6. The average Bonchev–Trinajstić information content (AvgIpc) is 2.56. The number of aliphatic imine (C=N–C) groups is 1. The lowest BCUT2D eigenvalue weighted by atomic mass is 10.1. The molecule has 0 saturated carbocycles. The van der Waals surface area contributed by atoms with E-state index in [9.17, 15) is 0 Å². The Bertz CT molecular complexity index is 470. The van der Waals surface area contributed by atoms with Crippen LogP contribution in [-0.4, -0.2) is 51.3 Å². The SMILES string of the molecule is CCN(CCCNC(=NC)NCCNC(C)(C)C)c1ccccc1.I. The highest BCUT2D eigenvalue weighted by Crippen LogP contribution is 2.12. The minimum absolute atomic E-state index is 0. The first-order valence-electron chi connectivity index (χ1n) is 8.96. The quantitative estimate of drug-likeness (QED) is 0.229. The summed E-state index contributed by atoms with van der Waals surface area (Å²) in [5.41, 5.74) is 1.44. The van der Waals surface area contributed by atoms with Gasteiger partial charge in [0.1, 0.15) is 0 Å². The van der Waals surface area contributed by atoms with Crippen LogP contribution in [0.25, 0.3) is 0 Å². The number of rotatable bonds is 9. The van der Waals surface area contributed by atoms with E-state index in [-0.39, 0.29) is 29.5 Å². The molecule has 0 aromatic heterocycles. The fourth-order valence-electron chi connectivity index (χ4n) is 2.42. The van der Waals surface area contributed by atoms with Crippen molar-refractivity contribution in [2.45, 2.75) is 39.7 Å². The Hall–Kier alpha value is -1.02. The molecule has 0 heterocycles. The molecular weight excluding hydrogens is 425 g/mol. The number of halogens is 1. The minimum atomic E-state index is 0. The Labute approximate surface area is 171 Å². The zero-order chi connectivity index (χ0) is 17.8. The van der Waals surface area contributed by atoms with Crippen LogP contribution >= 0.6 is 24.0 Å². The van der Waals surface area contributed by atoms with Crippen molar-refractivity contribution < 1.29 is 0 Å². The molecule has 0 spiro atoms. The van der Waals surface area contributed by atoms with E-state index in [2.05, 4.69) is 83.9 Å². The van der Waals surface area contributed by atoms with Gasteiger partial charge in [0, 0.05) is 51.0 Å². The number of hydrogen-bond donors (Lipinski definition) is 3. The molecule has 0 saturated heterocycles. The van der Waals surface area contributed by atoms with Crippen LogP contribution in [0.4, 0.5) is 5.69 Å². The van der Waals surface area contributed by atoms with Crippen LogP contribution in [-0.2, 0) is 0 Å². The molecule has 0 aliphatic rings. The van der Waals surface area contributed by atoms with E-state index < -0.39 is 0 Å². The monoisotopic (exact) mass is 461 g/mol. The maximum Gasteiger partial charge on any atom is 0.191 e. The lowest BCUT2D eigenvalue weighted by molar-refractivity contribution is 0.428. The number of nitrogens with one attached hydrogen (secondary N) is 3. The Morgan fingerprint density at radius 1 is 1.04 bits per heavy atom.